The van der Waals surface area contributed by atoms with Gasteiger partial charge in [0.05, 0.1) is 36.7 Å². The highest BCUT2D eigenvalue weighted by Gasteiger charge is 2.42. The summed E-state index contributed by atoms with van der Waals surface area (Å²) in [4.78, 5) is 9.40. The van der Waals surface area contributed by atoms with Crippen LogP contribution in [0.15, 0.2) is 97.2 Å². The average molecular weight is 560 g/mol. The minimum Gasteiger partial charge on any atom is -0.378 e. The van der Waals surface area contributed by atoms with Crippen molar-refractivity contribution in [2.75, 3.05) is 36.1 Å². The molecule has 0 spiro atoms. The molecule has 0 unspecified atom stereocenters. The molecule has 41 heavy (non-hydrogen) atoms. The van der Waals surface area contributed by atoms with Gasteiger partial charge in [-0.1, -0.05) is 42.5 Å². The summed E-state index contributed by atoms with van der Waals surface area (Å²) >= 11 is 6.03. The van der Waals surface area contributed by atoms with Crippen molar-refractivity contribution in [1.82, 2.24) is 14.9 Å². The molecule has 6 nitrogen and oxygen atoms in total. The summed E-state index contributed by atoms with van der Waals surface area (Å²) in [7, 11) is 0. The summed E-state index contributed by atoms with van der Waals surface area (Å²) in [6.07, 6.45) is 1.86. The third kappa shape index (κ3) is 4.55. The van der Waals surface area contributed by atoms with Crippen molar-refractivity contribution in [2.45, 2.75) is 25.9 Å². The van der Waals surface area contributed by atoms with Gasteiger partial charge in [-0.15, -0.1) is 0 Å². The number of fused-ring (bicyclic) bond motifs is 1. The van der Waals surface area contributed by atoms with E-state index >= 15 is 0 Å². The number of rotatable bonds is 5. The van der Waals surface area contributed by atoms with Crippen LogP contribution in [0.25, 0.3) is 16.5 Å². The van der Waals surface area contributed by atoms with Gasteiger partial charge in [0.25, 0.3) is 0 Å². The Kier molecular flexibility index (Phi) is 6.69. The minimum absolute atomic E-state index is 0.0680. The summed E-state index contributed by atoms with van der Waals surface area (Å²) < 4.78 is 7.94. The molecular formula is C34H33N5OS. The van der Waals surface area contributed by atoms with Crippen LogP contribution in [-0.4, -0.2) is 41.0 Å². The number of anilines is 2. The fourth-order valence-electron chi connectivity index (χ4n) is 6.46. The number of hydrogen-bond acceptors (Lipinski definition) is 4. The summed E-state index contributed by atoms with van der Waals surface area (Å²) in [5.41, 5.74) is 8.06. The highest BCUT2D eigenvalue weighted by atomic mass is 32.1. The standard InChI is InChI=1S/C34H33N5OS/c1-23-22-29(24(2)38(23)31-12-7-9-25-8-3-4-10-28(25)31)33-32(30-11-5-6-17-35-30)36-34(41)39(33)27-15-13-26(14-16-27)37-18-20-40-21-19-37/h3-17,22,32-33H,18-21H2,1-2H3,(H,36,41)/t32-,33+/m0/s1. The Balaban J connectivity index is 1.34. The first-order valence-corrected chi connectivity index (χ1v) is 14.6. The first kappa shape index (κ1) is 25.7. The maximum absolute atomic E-state index is 6.03. The topological polar surface area (TPSA) is 45.6 Å². The summed E-state index contributed by atoms with van der Waals surface area (Å²) in [5, 5.41) is 6.81. The van der Waals surface area contributed by atoms with E-state index in [1.807, 2.05) is 18.3 Å². The quantitative estimate of drug-likeness (QED) is 0.243. The predicted octanol–water partition coefficient (Wildman–Crippen LogP) is 6.66. The van der Waals surface area contributed by atoms with Crippen molar-refractivity contribution in [3.63, 3.8) is 0 Å². The van der Waals surface area contributed by atoms with E-state index in [0.29, 0.717) is 5.11 Å². The molecule has 2 aromatic heterocycles. The molecular weight excluding hydrogens is 526 g/mol. The molecule has 2 aliphatic heterocycles. The third-order valence-corrected chi connectivity index (χ3v) is 8.71. The van der Waals surface area contributed by atoms with Crippen LogP contribution in [0.4, 0.5) is 11.4 Å². The molecule has 0 saturated carbocycles. The molecule has 0 amide bonds. The van der Waals surface area contributed by atoms with Crippen molar-refractivity contribution in [1.29, 1.82) is 0 Å². The van der Waals surface area contributed by atoms with E-state index in [0.717, 1.165) is 37.7 Å². The van der Waals surface area contributed by atoms with Crippen LogP contribution in [0.5, 0.6) is 0 Å². The Labute approximate surface area is 246 Å². The van der Waals surface area contributed by atoms with Crippen molar-refractivity contribution >= 4 is 39.5 Å². The number of aromatic nitrogens is 2. The molecule has 7 heteroatoms. The fourth-order valence-corrected chi connectivity index (χ4v) is 6.80. The molecule has 2 fully saturated rings. The summed E-state index contributed by atoms with van der Waals surface area (Å²) in [5.74, 6) is 0. The van der Waals surface area contributed by atoms with E-state index in [2.05, 4.69) is 112 Å². The van der Waals surface area contributed by atoms with Crippen LogP contribution < -0.4 is 15.1 Å². The number of nitrogens with one attached hydrogen (secondary N) is 1. The SMILES string of the molecule is Cc1cc([C@@H]2[C@H](c3ccccn3)NC(=S)N2c2ccc(N3CCOCC3)cc2)c(C)n1-c1cccc2ccccc12. The van der Waals surface area contributed by atoms with Crippen LogP contribution in [0, 0.1) is 13.8 Å². The number of nitrogens with zero attached hydrogens (tertiary/aromatic N) is 4. The lowest BCUT2D eigenvalue weighted by molar-refractivity contribution is 0.122. The Bertz CT molecular complexity index is 1700. The second-order valence-electron chi connectivity index (χ2n) is 10.8. The van der Waals surface area contributed by atoms with Gasteiger partial charge in [0.15, 0.2) is 5.11 Å². The largest absolute Gasteiger partial charge is 0.378 e. The van der Waals surface area contributed by atoms with Crippen LogP contribution in [0.2, 0.25) is 0 Å². The van der Waals surface area contributed by atoms with E-state index in [9.17, 15) is 0 Å². The van der Waals surface area contributed by atoms with Gasteiger partial charge >= 0.3 is 0 Å². The zero-order chi connectivity index (χ0) is 27.9. The molecule has 0 radical (unpaired) electrons. The third-order valence-electron chi connectivity index (χ3n) is 8.40. The van der Waals surface area contributed by atoms with Crippen LogP contribution in [0.3, 0.4) is 0 Å². The van der Waals surface area contributed by atoms with Gasteiger partial charge in [-0.05, 0) is 85.5 Å². The van der Waals surface area contributed by atoms with E-state index < -0.39 is 0 Å². The number of benzene rings is 3. The molecule has 206 valence electrons. The van der Waals surface area contributed by atoms with Gasteiger partial charge < -0.3 is 24.4 Å². The minimum atomic E-state index is -0.0934. The smallest absolute Gasteiger partial charge is 0.174 e. The molecule has 4 heterocycles. The monoisotopic (exact) mass is 559 g/mol. The van der Waals surface area contributed by atoms with E-state index in [-0.39, 0.29) is 12.1 Å². The van der Waals surface area contributed by atoms with Gasteiger partial charge in [0, 0.05) is 47.4 Å². The van der Waals surface area contributed by atoms with Gasteiger partial charge in [0.1, 0.15) is 0 Å². The molecule has 1 N–H and O–H groups in total. The van der Waals surface area contributed by atoms with Gasteiger partial charge in [-0.2, -0.15) is 0 Å². The number of pyridine rings is 1. The Morgan fingerprint density at radius 2 is 1.59 bits per heavy atom. The van der Waals surface area contributed by atoms with Crippen LogP contribution >= 0.6 is 12.2 Å². The van der Waals surface area contributed by atoms with Crippen LogP contribution in [0.1, 0.15) is 34.7 Å². The second kappa shape index (κ2) is 10.7. The first-order chi connectivity index (χ1) is 20.1. The van der Waals surface area contributed by atoms with E-state index in [4.69, 9.17) is 21.9 Å². The highest BCUT2D eigenvalue weighted by Crippen LogP contribution is 2.44. The molecule has 2 atom stereocenters. The zero-order valence-electron chi connectivity index (χ0n) is 23.3. The van der Waals surface area contributed by atoms with Crippen molar-refractivity contribution in [3.05, 3.63) is 120 Å². The Morgan fingerprint density at radius 1 is 0.854 bits per heavy atom. The number of hydrogen-bond donors (Lipinski definition) is 1. The summed E-state index contributed by atoms with van der Waals surface area (Å²) in [6.45, 7) is 7.77. The number of morpholine rings is 1. The molecule has 0 bridgehead atoms. The second-order valence-corrected chi connectivity index (χ2v) is 11.2. The lowest BCUT2D eigenvalue weighted by Crippen LogP contribution is -2.36. The Hall–Kier alpha value is -4.20. The van der Waals surface area contributed by atoms with Gasteiger partial charge in [0.2, 0.25) is 0 Å². The summed E-state index contributed by atoms with van der Waals surface area (Å²) in [6, 6.07) is 32.1. The maximum Gasteiger partial charge on any atom is 0.174 e. The molecule has 2 aliphatic rings. The van der Waals surface area contributed by atoms with Crippen LogP contribution in [-0.2, 0) is 4.74 Å². The van der Waals surface area contributed by atoms with Gasteiger partial charge in [-0.3, -0.25) is 4.98 Å². The lowest BCUT2D eigenvalue weighted by Gasteiger charge is -2.31. The number of aryl methyl sites for hydroxylation is 1. The maximum atomic E-state index is 6.03. The Morgan fingerprint density at radius 3 is 2.37 bits per heavy atom. The fraction of sp³-hybridized carbons (Fsp3) is 0.235. The zero-order valence-corrected chi connectivity index (χ0v) is 24.1. The number of ether oxygens (including phenoxy) is 1. The van der Waals surface area contributed by atoms with Gasteiger partial charge in [-0.25, -0.2) is 0 Å². The van der Waals surface area contributed by atoms with Crippen molar-refractivity contribution in [2.24, 2.45) is 0 Å². The van der Waals surface area contributed by atoms with E-state index in [1.165, 1.54) is 39.1 Å². The first-order valence-electron chi connectivity index (χ1n) is 14.2. The molecule has 0 aliphatic carbocycles. The van der Waals surface area contributed by atoms with Crippen molar-refractivity contribution in [3.8, 4) is 5.69 Å². The molecule has 3 aromatic carbocycles. The highest BCUT2D eigenvalue weighted by molar-refractivity contribution is 7.80. The predicted molar refractivity (Wildman–Crippen MR) is 170 cm³/mol. The molecule has 2 saturated heterocycles. The normalized spacial score (nSPS) is 19.1. The van der Waals surface area contributed by atoms with Crippen molar-refractivity contribution < 1.29 is 4.74 Å². The molecule has 7 rings (SSSR count). The average Bonchev–Trinajstić information content (AvgIpc) is 3.52. The lowest BCUT2D eigenvalue weighted by atomic mass is 9.96. The molecule has 5 aromatic rings. The van der Waals surface area contributed by atoms with E-state index in [1.54, 1.807) is 0 Å². The number of thiocarbonyl (C=S) groups is 1.